The minimum atomic E-state index is -0.673. The first-order chi connectivity index (χ1) is 8.73. The summed E-state index contributed by atoms with van der Waals surface area (Å²) in [6.45, 7) is 1.75. The lowest BCUT2D eigenvalue weighted by molar-refractivity contribution is -0.153. The number of methoxy groups -OCH3 is 1. The molecule has 1 saturated heterocycles. The van der Waals surface area contributed by atoms with Gasteiger partial charge in [-0.1, -0.05) is 0 Å². The highest BCUT2D eigenvalue weighted by atomic mass is 16.5. The van der Waals surface area contributed by atoms with Gasteiger partial charge in [0.1, 0.15) is 5.54 Å². The summed E-state index contributed by atoms with van der Waals surface area (Å²) in [7, 11) is 3.22. The average molecular weight is 257 g/mol. The second-order valence-electron chi connectivity index (χ2n) is 5.14. The van der Waals surface area contributed by atoms with Gasteiger partial charge in [0.25, 0.3) is 0 Å². The third-order valence-electron chi connectivity index (χ3n) is 3.93. The zero-order valence-electron chi connectivity index (χ0n) is 11.2. The lowest BCUT2D eigenvalue weighted by Crippen LogP contribution is -2.56. The van der Waals surface area contributed by atoms with E-state index in [4.69, 9.17) is 14.2 Å². The molecule has 1 aliphatic heterocycles. The number of ether oxygens (including phenoxy) is 3. The van der Waals surface area contributed by atoms with Crippen molar-refractivity contribution in [2.24, 2.45) is 5.92 Å². The van der Waals surface area contributed by atoms with Crippen LogP contribution in [0.25, 0.3) is 0 Å². The van der Waals surface area contributed by atoms with E-state index in [1.807, 2.05) is 0 Å². The fourth-order valence-electron chi connectivity index (χ4n) is 2.61. The van der Waals surface area contributed by atoms with Crippen LogP contribution in [0.15, 0.2) is 0 Å². The Morgan fingerprint density at radius 2 is 2.22 bits per heavy atom. The van der Waals surface area contributed by atoms with Crippen LogP contribution in [0.4, 0.5) is 0 Å². The Morgan fingerprint density at radius 3 is 2.72 bits per heavy atom. The third-order valence-corrected chi connectivity index (χ3v) is 3.93. The Kier molecular flexibility index (Phi) is 4.59. The molecule has 5 nitrogen and oxygen atoms in total. The number of nitrogens with one attached hydrogen (secondary N) is 1. The highest BCUT2D eigenvalue weighted by molar-refractivity contribution is 5.82. The van der Waals surface area contributed by atoms with Gasteiger partial charge in [0.2, 0.25) is 0 Å². The van der Waals surface area contributed by atoms with Crippen molar-refractivity contribution in [3.63, 3.8) is 0 Å². The number of hydrogen-bond donors (Lipinski definition) is 1. The summed E-state index contributed by atoms with van der Waals surface area (Å²) in [5, 5.41) is 3.11. The summed E-state index contributed by atoms with van der Waals surface area (Å²) in [6, 6.07) is 0. The fourth-order valence-corrected chi connectivity index (χ4v) is 2.61. The highest BCUT2D eigenvalue weighted by Crippen LogP contribution is 2.40. The Bertz CT molecular complexity index is 287. The van der Waals surface area contributed by atoms with Gasteiger partial charge in [-0.15, -0.1) is 0 Å². The molecule has 1 N–H and O–H groups in total. The molecule has 2 aliphatic rings. The predicted molar refractivity (Wildman–Crippen MR) is 66.3 cm³/mol. The smallest absolute Gasteiger partial charge is 0.328 e. The molecule has 2 unspecified atom stereocenters. The van der Waals surface area contributed by atoms with Crippen molar-refractivity contribution in [3.8, 4) is 0 Å². The number of rotatable bonds is 7. The summed E-state index contributed by atoms with van der Waals surface area (Å²) in [4.78, 5) is 12.0. The summed E-state index contributed by atoms with van der Waals surface area (Å²) in [5.74, 6) is 0.110. The standard InChI is InChI=1S/C13H23NO4/c1-14-13(10-5-6-10,12(15)16-2)9-17-8-11-4-3-7-18-11/h10-11,14H,3-9H2,1-2H3. The molecule has 18 heavy (non-hydrogen) atoms. The maximum Gasteiger partial charge on any atom is 0.328 e. The van der Waals surface area contributed by atoms with Crippen LogP contribution in [0.3, 0.4) is 0 Å². The van der Waals surface area contributed by atoms with E-state index in [1.165, 1.54) is 7.11 Å². The lowest BCUT2D eigenvalue weighted by atomic mass is 9.94. The Labute approximate surface area is 108 Å². The number of carbonyl (C=O) groups is 1. The van der Waals surface area contributed by atoms with Gasteiger partial charge in [-0.2, -0.15) is 0 Å². The van der Waals surface area contributed by atoms with Crippen molar-refractivity contribution >= 4 is 5.97 Å². The molecule has 1 heterocycles. The molecule has 0 aromatic rings. The van der Waals surface area contributed by atoms with Crippen LogP contribution in [-0.4, -0.2) is 51.6 Å². The molecular weight excluding hydrogens is 234 g/mol. The predicted octanol–water partition coefficient (Wildman–Crippen LogP) is 0.723. The monoisotopic (exact) mass is 257 g/mol. The van der Waals surface area contributed by atoms with Gasteiger partial charge in [-0.05, 0) is 38.6 Å². The molecule has 2 atom stereocenters. The van der Waals surface area contributed by atoms with Crippen molar-refractivity contribution in [2.75, 3.05) is 34.0 Å². The van der Waals surface area contributed by atoms with Crippen molar-refractivity contribution in [3.05, 3.63) is 0 Å². The zero-order chi connectivity index (χ0) is 13.0. The molecule has 2 fully saturated rings. The first-order valence-electron chi connectivity index (χ1n) is 6.69. The average Bonchev–Trinajstić information content (AvgIpc) is 3.12. The molecule has 0 bridgehead atoms. The van der Waals surface area contributed by atoms with Crippen molar-refractivity contribution in [2.45, 2.75) is 37.3 Å². The summed E-state index contributed by atoms with van der Waals surface area (Å²) < 4.78 is 16.1. The van der Waals surface area contributed by atoms with Gasteiger partial charge in [-0.3, -0.25) is 0 Å². The number of likely N-dealkylation sites (N-methyl/N-ethyl adjacent to an activating group) is 1. The van der Waals surface area contributed by atoms with Crippen LogP contribution >= 0.6 is 0 Å². The molecule has 0 aromatic heterocycles. The van der Waals surface area contributed by atoms with E-state index in [0.29, 0.717) is 19.1 Å². The lowest BCUT2D eigenvalue weighted by Gasteiger charge is -2.30. The van der Waals surface area contributed by atoms with Gasteiger partial charge in [0.05, 0.1) is 26.4 Å². The summed E-state index contributed by atoms with van der Waals surface area (Å²) in [6.07, 6.45) is 4.45. The van der Waals surface area contributed by atoms with Crippen LogP contribution < -0.4 is 5.32 Å². The fraction of sp³-hybridized carbons (Fsp3) is 0.923. The quantitative estimate of drug-likeness (QED) is 0.681. The van der Waals surface area contributed by atoms with Gasteiger partial charge in [-0.25, -0.2) is 4.79 Å². The second-order valence-corrected chi connectivity index (χ2v) is 5.14. The van der Waals surface area contributed by atoms with E-state index in [0.717, 1.165) is 32.3 Å². The van der Waals surface area contributed by atoms with E-state index < -0.39 is 5.54 Å². The van der Waals surface area contributed by atoms with E-state index in [1.54, 1.807) is 7.05 Å². The van der Waals surface area contributed by atoms with E-state index in [9.17, 15) is 4.79 Å². The normalized spacial score (nSPS) is 26.9. The first kappa shape index (κ1) is 13.8. The van der Waals surface area contributed by atoms with Gasteiger partial charge in [0.15, 0.2) is 0 Å². The van der Waals surface area contributed by atoms with E-state index in [-0.39, 0.29) is 12.1 Å². The maximum atomic E-state index is 12.0. The van der Waals surface area contributed by atoms with Crippen molar-refractivity contribution < 1.29 is 19.0 Å². The largest absolute Gasteiger partial charge is 0.468 e. The Morgan fingerprint density at radius 1 is 1.44 bits per heavy atom. The zero-order valence-corrected chi connectivity index (χ0v) is 11.2. The molecule has 5 heteroatoms. The summed E-state index contributed by atoms with van der Waals surface area (Å²) in [5.41, 5.74) is -0.673. The van der Waals surface area contributed by atoms with Crippen LogP contribution in [0, 0.1) is 5.92 Å². The number of esters is 1. The second kappa shape index (κ2) is 5.99. The van der Waals surface area contributed by atoms with Gasteiger partial charge >= 0.3 is 5.97 Å². The van der Waals surface area contributed by atoms with E-state index >= 15 is 0 Å². The van der Waals surface area contributed by atoms with Crippen LogP contribution in [0.2, 0.25) is 0 Å². The van der Waals surface area contributed by atoms with Crippen LogP contribution in [0.1, 0.15) is 25.7 Å². The maximum absolute atomic E-state index is 12.0. The molecule has 0 spiro atoms. The van der Waals surface area contributed by atoms with Crippen molar-refractivity contribution in [1.29, 1.82) is 0 Å². The van der Waals surface area contributed by atoms with Crippen LogP contribution in [-0.2, 0) is 19.0 Å². The number of hydrogen-bond acceptors (Lipinski definition) is 5. The van der Waals surface area contributed by atoms with Gasteiger partial charge < -0.3 is 19.5 Å². The highest BCUT2D eigenvalue weighted by Gasteiger charge is 2.51. The van der Waals surface area contributed by atoms with E-state index in [2.05, 4.69) is 5.32 Å². The van der Waals surface area contributed by atoms with Crippen molar-refractivity contribution in [1.82, 2.24) is 5.32 Å². The SMILES string of the molecule is CNC(COCC1CCCO1)(C(=O)OC)C1CC1. The molecule has 0 aromatic carbocycles. The molecule has 2 rings (SSSR count). The first-order valence-corrected chi connectivity index (χ1v) is 6.69. The molecule has 0 amide bonds. The van der Waals surface area contributed by atoms with Gasteiger partial charge in [0, 0.05) is 6.61 Å². The minimum absolute atomic E-state index is 0.191. The molecule has 104 valence electrons. The topological polar surface area (TPSA) is 56.8 Å². The molecular formula is C13H23NO4. The molecule has 1 saturated carbocycles. The van der Waals surface area contributed by atoms with Crippen LogP contribution in [0.5, 0.6) is 0 Å². The molecule has 0 radical (unpaired) electrons. The minimum Gasteiger partial charge on any atom is -0.468 e. The molecule has 1 aliphatic carbocycles. The number of carbonyl (C=O) groups excluding carboxylic acids is 1. The Balaban J connectivity index is 1.86. The summed E-state index contributed by atoms with van der Waals surface area (Å²) >= 11 is 0. The third kappa shape index (κ3) is 2.84. The Hall–Kier alpha value is -0.650.